The van der Waals surface area contributed by atoms with E-state index in [0.717, 1.165) is 37.5 Å². The Morgan fingerprint density at radius 3 is 2.29 bits per heavy atom. The number of nitrogens with zero attached hydrogens (tertiary/aromatic N) is 1. The van der Waals surface area contributed by atoms with Gasteiger partial charge in [0, 0.05) is 30.4 Å². The van der Waals surface area contributed by atoms with Gasteiger partial charge in [0.2, 0.25) is 5.91 Å². The van der Waals surface area contributed by atoms with E-state index in [2.05, 4.69) is 43.1 Å². The number of nitrogens with one attached hydrogen (secondary N) is 1. The second kappa shape index (κ2) is 7.48. The largest absolute Gasteiger partial charge is 0.372 e. The van der Waals surface area contributed by atoms with Crippen LogP contribution in [0.15, 0.2) is 24.3 Å². The van der Waals surface area contributed by atoms with Crippen LogP contribution in [0.4, 0.5) is 11.4 Å². The molecule has 0 atom stereocenters. The zero-order chi connectivity index (χ0) is 15.2. The van der Waals surface area contributed by atoms with Crippen LogP contribution in [0.25, 0.3) is 0 Å². The Morgan fingerprint density at radius 1 is 1.19 bits per heavy atom. The number of hydrogen-bond acceptors (Lipinski definition) is 2. The van der Waals surface area contributed by atoms with E-state index in [1.165, 1.54) is 18.5 Å². The summed E-state index contributed by atoms with van der Waals surface area (Å²) in [6.45, 7) is 8.73. The molecule has 21 heavy (non-hydrogen) atoms. The van der Waals surface area contributed by atoms with Crippen LogP contribution in [0, 0.1) is 11.8 Å². The number of amides is 1. The minimum atomic E-state index is 0.119. The smallest absolute Gasteiger partial charge is 0.227 e. The van der Waals surface area contributed by atoms with E-state index in [1.54, 1.807) is 0 Å². The van der Waals surface area contributed by atoms with Crippen LogP contribution >= 0.6 is 0 Å². The minimum Gasteiger partial charge on any atom is -0.372 e. The van der Waals surface area contributed by atoms with Crippen LogP contribution in [0.2, 0.25) is 0 Å². The Balaban J connectivity index is 1.94. The molecule has 1 aliphatic heterocycles. The first-order valence-electron chi connectivity index (χ1n) is 8.29. The predicted molar refractivity (Wildman–Crippen MR) is 89.8 cm³/mol. The zero-order valence-electron chi connectivity index (χ0n) is 13.6. The monoisotopic (exact) mass is 288 g/mol. The summed E-state index contributed by atoms with van der Waals surface area (Å²) in [5, 5.41) is 3.02. The Bertz CT molecular complexity index is 443. The average molecular weight is 288 g/mol. The van der Waals surface area contributed by atoms with Crippen molar-refractivity contribution in [3.8, 4) is 0 Å². The maximum Gasteiger partial charge on any atom is 0.227 e. The molecule has 1 saturated heterocycles. The molecule has 0 aliphatic carbocycles. The maximum atomic E-state index is 12.1. The van der Waals surface area contributed by atoms with Crippen molar-refractivity contribution in [3.63, 3.8) is 0 Å². The number of carbonyl (C=O) groups excluding carboxylic acids is 1. The molecular formula is C18H28N2O. The van der Waals surface area contributed by atoms with Crippen LogP contribution in [0.5, 0.6) is 0 Å². The highest BCUT2D eigenvalue weighted by molar-refractivity contribution is 5.92. The summed E-state index contributed by atoms with van der Waals surface area (Å²) in [5.74, 6) is 1.10. The lowest BCUT2D eigenvalue weighted by molar-refractivity contribution is -0.120. The molecule has 1 aromatic rings. The lowest BCUT2D eigenvalue weighted by atomic mass is 9.99. The van der Waals surface area contributed by atoms with Gasteiger partial charge >= 0.3 is 0 Å². The lowest BCUT2D eigenvalue weighted by Crippen LogP contribution is -2.32. The summed E-state index contributed by atoms with van der Waals surface area (Å²) in [5.41, 5.74) is 2.17. The molecule has 1 heterocycles. The summed E-state index contributed by atoms with van der Waals surface area (Å²) >= 11 is 0. The minimum absolute atomic E-state index is 0.119. The van der Waals surface area contributed by atoms with Gasteiger partial charge in [-0.3, -0.25) is 4.79 Å². The van der Waals surface area contributed by atoms with Crippen molar-refractivity contribution < 1.29 is 4.79 Å². The van der Waals surface area contributed by atoms with Gasteiger partial charge in [0.1, 0.15) is 0 Å². The normalized spacial score (nSPS) is 16.3. The first kappa shape index (κ1) is 15.9. The number of benzene rings is 1. The van der Waals surface area contributed by atoms with Gasteiger partial charge in [0.15, 0.2) is 0 Å². The van der Waals surface area contributed by atoms with Crippen LogP contribution < -0.4 is 10.2 Å². The Morgan fingerprint density at radius 2 is 1.76 bits per heavy atom. The third-order valence-corrected chi connectivity index (χ3v) is 4.64. The molecule has 2 rings (SSSR count). The summed E-state index contributed by atoms with van der Waals surface area (Å²) < 4.78 is 0. The van der Waals surface area contributed by atoms with Crippen molar-refractivity contribution >= 4 is 17.3 Å². The van der Waals surface area contributed by atoms with E-state index < -0.39 is 0 Å². The van der Waals surface area contributed by atoms with E-state index in [-0.39, 0.29) is 11.8 Å². The van der Waals surface area contributed by atoms with E-state index in [1.807, 2.05) is 12.1 Å². The molecule has 3 nitrogen and oxygen atoms in total. The molecule has 0 saturated carbocycles. The number of anilines is 2. The van der Waals surface area contributed by atoms with Gasteiger partial charge in [-0.25, -0.2) is 0 Å². The molecule has 1 aliphatic rings. The quantitative estimate of drug-likeness (QED) is 0.876. The zero-order valence-corrected chi connectivity index (χ0v) is 13.6. The molecule has 0 radical (unpaired) electrons. The van der Waals surface area contributed by atoms with Gasteiger partial charge in [-0.2, -0.15) is 0 Å². The number of hydrogen-bond donors (Lipinski definition) is 1. The Kier molecular flexibility index (Phi) is 5.66. The summed E-state index contributed by atoms with van der Waals surface area (Å²) in [4.78, 5) is 14.5. The van der Waals surface area contributed by atoms with E-state index in [4.69, 9.17) is 0 Å². The lowest BCUT2D eigenvalue weighted by Gasteiger charge is -2.32. The number of rotatable bonds is 5. The van der Waals surface area contributed by atoms with Crippen molar-refractivity contribution in [1.29, 1.82) is 0 Å². The average Bonchev–Trinajstić information content (AvgIpc) is 2.50. The molecule has 1 aromatic carbocycles. The molecule has 0 bridgehead atoms. The summed E-state index contributed by atoms with van der Waals surface area (Å²) in [7, 11) is 0. The number of piperidine rings is 1. The molecule has 1 N–H and O–H groups in total. The predicted octanol–water partition coefficient (Wildman–Crippen LogP) is 4.30. The highest BCUT2D eigenvalue weighted by atomic mass is 16.1. The van der Waals surface area contributed by atoms with Crippen molar-refractivity contribution in [2.24, 2.45) is 11.8 Å². The third kappa shape index (κ3) is 4.23. The van der Waals surface area contributed by atoms with Gasteiger partial charge in [-0.15, -0.1) is 0 Å². The van der Waals surface area contributed by atoms with Gasteiger partial charge in [-0.05, 0) is 55.9 Å². The van der Waals surface area contributed by atoms with Crippen LogP contribution in [0.3, 0.4) is 0 Å². The highest BCUT2D eigenvalue weighted by Crippen LogP contribution is 2.24. The second-order valence-corrected chi connectivity index (χ2v) is 6.22. The van der Waals surface area contributed by atoms with Crippen molar-refractivity contribution in [2.45, 2.75) is 46.5 Å². The van der Waals surface area contributed by atoms with Crippen molar-refractivity contribution in [1.82, 2.24) is 0 Å². The Labute approximate surface area is 128 Å². The van der Waals surface area contributed by atoms with Crippen LogP contribution in [-0.4, -0.2) is 19.0 Å². The standard InChI is InChI=1S/C18H28N2O/c1-4-15(5-2)18(21)19-16-6-8-17(9-7-16)20-12-10-14(3)11-13-20/h6-9,14-15H,4-5,10-13H2,1-3H3,(H,19,21). The van der Waals surface area contributed by atoms with Crippen molar-refractivity contribution in [3.05, 3.63) is 24.3 Å². The maximum absolute atomic E-state index is 12.1. The van der Waals surface area contributed by atoms with Gasteiger partial charge in [0.25, 0.3) is 0 Å². The number of carbonyl (C=O) groups is 1. The van der Waals surface area contributed by atoms with Crippen LogP contribution in [0.1, 0.15) is 46.5 Å². The highest BCUT2D eigenvalue weighted by Gasteiger charge is 2.17. The molecular weight excluding hydrogens is 260 g/mol. The van der Waals surface area contributed by atoms with E-state index in [9.17, 15) is 4.79 Å². The Hall–Kier alpha value is -1.51. The fourth-order valence-corrected chi connectivity index (χ4v) is 2.93. The summed E-state index contributed by atoms with van der Waals surface area (Å²) in [6.07, 6.45) is 4.33. The first-order valence-corrected chi connectivity index (χ1v) is 8.29. The molecule has 3 heteroatoms. The van der Waals surface area contributed by atoms with Gasteiger partial charge < -0.3 is 10.2 Å². The van der Waals surface area contributed by atoms with Crippen molar-refractivity contribution in [2.75, 3.05) is 23.3 Å². The third-order valence-electron chi connectivity index (χ3n) is 4.64. The molecule has 1 amide bonds. The first-order chi connectivity index (χ1) is 10.1. The van der Waals surface area contributed by atoms with E-state index >= 15 is 0 Å². The fraction of sp³-hybridized carbons (Fsp3) is 0.611. The van der Waals surface area contributed by atoms with Gasteiger partial charge in [-0.1, -0.05) is 20.8 Å². The van der Waals surface area contributed by atoms with Crippen LogP contribution in [-0.2, 0) is 4.79 Å². The molecule has 1 fully saturated rings. The van der Waals surface area contributed by atoms with E-state index in [0.29, 0.717) is 0 Å². The SMILES string of the molecule is CCC(CC)C(=O)Nc1ccc(N2CCC(C)CC2)cc1. The second-order valence-electron chi connectivity index (χ2n) is 6.22. The fourth-order valence-electron chi connectivity index (χ4n) is 2.93. The molecule has 0 unspecified atom stereocenters. The van der Waals surface area contributed by atoms with Gasteiger partial charge in [0.05, 0.1) is 0 Å². The molecule has 116 valence electrons. The molecule has 0 aromatic heterocycles. The summed E-state index contributed by atoms with van der Waals surface area (Å²) in [6, 6.07) is 8.29. The topological polar surface area (TPSA) is 32.3 Å². The molecule has 0 spiro atoms.